The number of hydrogen-bond acceptors (Lipinski definition) is 6. The van der Waals surface area contributed by atoms with Crippen molar-refractivity contribution in [2.75, 3.05) is 10.6 Å². The molecule has 5 nitrogen and oxygen atoms in total. The minimum atomic E-state index is -0.251. The van der Waals surface area contributed by atoms with E-state index in [0.717, 1.165) is 34.1 Å². The van der Waals surface area contributed by atoms with Crippen molar-refractivity contribution in [3.63, 3.8) is 0 Å². The summed E-state index contributed by atoms with van der Waals surface area (Å²) in [7, 11) is 0. The molecule has 1 atom stereocenters. The normalized spacial score (nSPS) is 11.9. The van der Waals surface area contributed by atoms with E-state index in [2.05, 4.69) is 45.4 Å². The van der Waals surface area contributed by atoms with Gasteiger partial charge >= 0.3 is 0 Å². The number of thiophene rings is 2. The third-order valence-electron chi connectivity index (χ3n) is 4.50. The number of aromatic nitrogens is 1. The van der Waals surface area contributed by atoms with E-state index in [0.29, 0.717) is 5.76 Å². The molecular formula is C22H21N3O2S2. The zero-order chi connectivity index (χ0) is 20.2. The van der Waals surface area contributed by atoms with Gasteiger partial charge in [0.1, 0.15) is 10.8 Å². The van der Waals surface area contributed by atoms with Crippen molar-refractivity contribution in [2.24, 2.45) is 0 Å². The maximum absolute atomic E-state index is 12.6. The third-order valence-corrected chi connectivity index (χ3v) is 6.41. The summed E-state index contributed by atoms with van der Waals surface area (Å²) >= 11 is 3.24. The van der Waals surface area contributed by atoms with Crippen LogP contribution in [0.5, 0.6) is 0 Å². The van der Waals surface area contributed by atoms with E-state index in [1.165, 1.54) is 11.1 Å². The van der Waals surface area contributed by atoms with Crippen LogP contribution in [0.15, 0.2) is 63.9 Å². The molecule has 0 saturated carbocycles. The highest BCUT2D eigenvalue weighted by molar-refractivity contribution is 7.16. The highest BCUT2D eigenvalue weighted by atomic mass is 32.1. The predicted octanol–water partition coefficient (Wildman–Crippen LogP) is 6.12. The Morgan fingerprint density at radius 1 is 1.24 bits per heavy atom. The minimum absolute atomic E-state index is 0.126. The van der Waals surface area contributed by atoms with E-state index in [9.17, 15) is 4.79 Å². The number of furan rings is 1. The minimum Gasteiger partial charge on any atom is -0.459 e. The SMILES string of the molecule is CCc1cc(C(Nc2cccc(C)n2)c2ccsc2)c(NC(=O)c2ccco2)s1. The van der Waals surface area contributed by atoms with Crippen molar-refractivity contribution in [1.29, 1.82) is 0 Å². The van der Waals surface area contributed by atoms with Gasteiger partial charge in [0.05, 0.1) is 12.3 Å². The van der Waals surface area contributed by atoms with Gasteiger partial charge in [-0.2, -0.15) is 11.3 Å². The van der Waals surface area contributed by atoms with Gasteiger partial charge in [0, 0.05) is 16.1 Å². The quantitative estimate of drug-likeness (QED) is 0.376. The van der Waals surface area contributed by atoms with Crippen LogP contribution in [-0.2, 0) is 6.42 Å². The molecule has 29 heavy (non-hydrogen) atoms. The first kappa shape index (κ1) is 19.4. The van der Waals surface area contributed by atoms with Gasteiger partial charge in [-0.15, -0.1) is 11.3 Å². The molecule has 7 heteroatoms. The molecule has 4 aromatic heterocycles. The summed E-state index contributed by atoms with van der Waals surface area (Å²) in [4.78, 5) is 18.4. The van der Waals surface area contributed by atoms with Crippen LogP contribution in [0.1, 0.15) is 45.2 Å². The van der Waals surface area contributed by atoms with Gasteiger partial charge in [-0.1, -0.05) is 13.0 Å². The summed E-state index contributed by atoms with van der Waals surface area (Å²) in [6.07, 6.45) is 2.40. The number of aryl methyl sites for hydroxylation is 2. The molecular weight excluding hydrogens is 402 g/mol. The average molecular weight is 424 g/mol. The van der Waals surface area contributed by atoms with E-state index in [1.807, 2.05) is 25.1 Å². The molecule has 148 valence electrons. The number of amides is 1. The monoisotopic (exact) mass is 423 g/mol. The van der Waals surface area contributed by atoms with Crippen molar-refractivity contribution in [3.8, 4) is 0 Å². The summed E-state index contributed by atoms with van der Waals surface area (Å²) in [5, 5.41) is 11.6. The van der Waals surface area contributed by atoms with Crippen LogP contribution in [0, 0.1) is 6.92 Å². The Balaban J connectivity index is 1.71. The second kappa shape index (κ2) is 8.63. The van der Waals surface area contributed by atoms with Crippen LogP contribution >= 0.6 is 22.7 Å². The maximum atomic E-state index is 12.6. The number of nitrogens with one attached hydrogen (secondary N) is 2. The lowest BCUT2D eigenvalue weighted by Crippen LogP contribution is -2.16. The van der Waals surface area contributed by atoms with Crippen LogP contribution in [-0.4, -0.2) is 10.9 Å². The van der Waals surface area contributed by atoms with Gasteiger partial charge < -0.3 is 15.1 Å². The highest BCUT2D eigenvalue weighted by Gasteiger charge is 2.23. The summed E-state index contributed by atoms with van der Waals surface area (Å²) in [5.41, 5.74) is 3.10. The molecule has 0 bridgehead atoms. The number of pyridine rings is 1. The van der Waals surface area contributed by atoms with Crippen molar-refractivity contribution in [1.82, 2.24) is 4.98 Å². The van der Waals surface area contributed by atoms with Crippen molar-refractivity contribution in [3.05, 3.63) is 86.9 Å². The number of rotatable bonds is 7. The second-order valence-corrected chi connectivity index (χ2v) is 8.50. The number of anilines is 2. The lowest BCUT2D eigenvalue weighted by atomic mass is 10.0. The Labute approximate surface area is 177 Å². The molecule has 1 amide bonds. The van der Waals surface area contributed by atoms with Crippen LogP contribution in [0.25, 0.3) is 0 Å². The zero-order valence-electron chi connectivity index (χ0n) is 16.1. The molecule has 1 unspecified atom stereocenters. The summed E-state index contributed by atoms with van der Waals surface area (Å²) in [6, 6.07) is 13.4. The number of nitrogens with zero attached hydrogens (tertiary/aromatic N) is 1. The summed E-state index contributed by atoms with van der Waals surface area (Å²) < 4.78 is 5.25. The van der Waals surface area contributed by atoms with Crippen LogP contribution in [0.4, 0.5) is 10.8 Å². The lowest BCUT2D eigenvalue weighted by Gasteiger charge is -2.20. The number of carbonyl (C=O) groups is 1. The number of hydrogen-bond donors (Lipinski definition) is 2. The molecule has 4 aromatic rings. The van der Waals surface area contributed by atoms with Crippen molar-refractivity contribution < 1.29 is 9.21 Å². The Morgan fingerprint density at radius 2 is 2.14 bits per heavy atom. The highest BCUT2D eigenvalue weighted by Crippen LogP contribution is 2.38. The van der Waals surface area contributed by atoms with Gasteiger partial charge in [-0.25, -0.2) is 4.98 Å². The Bertz CT molecular complexity index is 1090. The molecule has 0 fully saturated rings. The standard InChI is InChI=1S/C22H21N3O2S2/c1-3-16-12-17(22(29-16)25-21(26)18-7-5-10-27-18)20(15-9-11-28-13-15)24-19-8-4-6-14(2)23-19/h4-13,20H,3H2,1-2H3,(H,23,24)(H,25,26). The Kier molecular flexibility index (Phi) is 5.78. The van der Waals surface area contributed by atoms with E-state index in [1.54, 1.807) is 34.8 Å². The van der Waals surface area contributed by atoms with E-state index < -0.39 is 0 Å². The van der Waals surface area contributed by atoms with Gasteiger partial charge in [-0.3, -0.25) is 4.79 Å². The van der Waals surface area contributed by atoms with Gasteiger partial charge in [0.25, 0.3) is 5.91 Å². The molecule has 0 aromatic carbocycles. The molecule has 0 saturated heterocycles. The molecule has 0 spiro atoms. The van der Waals surface area contributed by atoms with Crippen molar-refractivity contribution >= 4 is 39.4 Å². The lowest BCUT2D eigenvalue weighted by molar-refractivity contribution is 0.0997. The molecule has 4 heterocycles. The molecule has 4 rings (SSSR count). The number of carbonyl (C=O) groups excluding carboxylic acids is 1. The molecule has 0 aliphatic rings. The van der Waals surface area contributed by atoms with Gasteiger partial charge in [0.2, 0.25) is 0 Å². The Hall–Kier alpha value is -2.90. The topological polar surface area (TPSA) is 67.2 Å². The summed E-state index contributed by atoms with van der Waals surface area (Å²) in [6.45, 7) is 4.09. The zero-order valence-corrected chi connectivity index (χ0v) is 17.8. The van der Waals surface area contributed by atoms with E-state index in [-0.39, 0.29) is 11.9 Å². The first-order chi connectivity index (χ1) is 14.1. The largest absolute Gasteiger partial charge is 0.459 e. The average Bonchev–Trinajstić information content (AvgIpc) is 3.47. The van der Waals surface area contributed by atoms with Gasteiger partial charge in [-0.05, 0) is 66.1 Å². The van der Waals surface area contributed by atoms with Crippen LogP contribution < -0.4 is 10.6 Å². The van der Waals surface area contributed by atoms with E-state index >= 15 is 0 Å². The fraction of sp³-hybridized carbons (Fsp3) is 0.182. The van der Waals surface area contributed by atoms with E-state index in [4.69, 9.17) is 4.42 Å². The van der Waals surface area contributed by atoms with Crippen LogP contribution in [0.3, 0.4) is 0 Å². The van der Waals surface area contributed by atoms with Gasteiger partial charge in [0.15, 0.2) is 5.76 Å². The third kappa shape index (κ3) is 4.41. The smallest absolute Gasteiger partial charge is 0.291 e. The maximum Gasteiger partial charge on any atom is 0.291 e. The van der Waals surface area contributed by atoms with Crippen LogP contribution in [0.2, 0.25) is 0 Å². The summed E-state index contributed by atoms with van der Waals surface area (Å²) in [5.74, 6) is 0.843. The first-order valence-corrected chi connectivity index (χ1v) is 11.1. The second-order valence-electron chi connectivity index (χ2n) is 6.58. The molecule has 0 aliphatic heterocycles. The fourth-order valence-corrected chi connectivity index (χ4v) is 4.79. The molecule has 0 aliphatic carbocycles. The molecule has 0 radical (unpaired) electrons. The molecule has 2 N–H and O–H groups in total. The van der Waals surface area contributed by atoms with Crippen molar-refractivity contribution in [2.45, 2.75) is 26.3 Å². The Morgan fingerprint density at radius 3 is 2.83 bits per heavy atom. The fourth-order valence-electron chi connectivity index (χ4n) is 3.07. The first-order valence-electron chi connectivity index (χ1n) is 9.33. The predicted molar refractivity (Wildman–Crippen MR) is 119 cm³/mol.